The number of phenolic OH excluding ortho intramolecular Hbond substituents is 1. The molecule has 0 saturated heterocycles. The second-order valence-electron chi connectivity index (χ2n) is 9.94. The largest absolute Gasteiger partial charge is 0.508 e. The molecule has 0 amide bonds. The molecule has 0 aromatic heterocycles. The molecule has 178 valence electrons. The van der Waals surface area contributed by atoms with E-state index >= 15 is 0 Å². The van der Waals surface area contributed by atoms with Crippen molar-refractivity contribution in [2.45, 2.75) is 105 Å². The topological polar surface area (TPSA) is 69.9 Å². The summed E-state index contributed by atoms with van der Waals surface area (Å²) in [6.07, 6.45) is 9.84. The SMILES string of the molecule is CC(C)=C[C@H](O)[C@@H](O)/C(C)=C/CC/C(C)=C/CC[C@]1(C)CCc2cc(O)c(C)c(C)c2O1. The van der Waals surface area contributed by atoms with Crippen LogP contribution >= 0.6 is 0 Å². The molecule has 4 heteroatoms. The Bertz CT molecular complexity index is 889. The standard InChI is InChI=1S/C28H42O4/c1-18(2)16-25(30)26(31)20(4)12-8-10-19(3)11-9-14-28(7)15-13-23-17-24(29)21(5)22(6)27(23)32-28/h11-12,16-17,25-26,29-31H,8-10,13-15H2,1-7H3/b19-11+,20-12+/t25-,26-,28+/m0/s1. The van der Waals surface area contributed by atoms with Gasteiger partial charge in [0, 0.05) is 0 Å². The summed E-state index contributed by atoms with van der Waals surface area (Å²) in [4.78, 5) is 0. The Balaban J connectivity index is 1.88. The summed E-state index contributed by atoms with van der Waals surface area (Å²) in [5.74, 6) is 1.31. The zero-order valence-electron chi connectivity index (χ0n) is 21.0. The molecule has 4 nitrogen and oxygen atoms in total. The summed E-state index contributed by atoms with van der Waals surface area (Å²) in [5.41, 5.74) is 5.97. The molecule has 1 heterocycles. The van der Waals surface area contributed by atoms with E-state index in [0.717, 1.165) is 72.1 Å². The first-order chi connectivity index (χ1) is 14.9. The summed E-state index contributed by atoms with van der Waals surface area (Å²) in [6, 6.07) is 1.85. The lowest BCUT2D eigenvalue weighted by Crippen LogP contribution is -2.36. The van der Waals surface area contributed by atoms with E-state index < -0.39 is 12.2 Å². The first-order valence-corrected chi connectivity index (χ1v) is 11.8. The van der Waals surface area contributed by atoms with Gasteiger partial charge >= 0.3 is 0 Å². The Morgan fingerprint density at radius 1 is 1.09 bits per heavy atom. The lowest BCUT2D eigenvalue weighted by atomic mass is 9.87. The van der Waals surface area contributed by atoms with E-state index in [4.69, 9.17) is 4.74 Å². The van der Waals surface area contributed by atoms with Crippen LogP contribution in [-0.2, 0) is 6.42 Å². The van der Waals surface area contributed by atoms with Crippen molar-refractivity contribution in [3.05, 3.63) is 57.7 Å². The number of allylic oxidation sites excluding steroid dienone is 4. The van der Waals surface area contributed by atoms with Crippen LogP contribution in [0.3, 0.4) is 0 Å². The minimum absolute atomic E-state index is 0.195. The van der Waals surface area contributed by atoms with Crippen LogP contribution in [0.5, 0.6) is 11.5 Å². The highest BCUT2D eigenvalue weighted by atomic mass is 16.5. The first-order valence-electron chi connectivity index (χ1n) is 11.8. The average Bonchev–Trinajstić information content (AvgIpc) is 2.71. The molecule has 1 aliphatic rings. The van der Waals surface area contributed by atoms with E-state index in [1.807, 2.05) is 46.8 Å². The van der Waals surface area contributed by atoms with Gasteiger partial charge in [0.25, 0.3) is 0 Å². The fourth-order valence-electron chi connectivity index (χ4n) is 4.22. The predicted molar refractivity (Wildman–Crippen MR) is 132 cm³/mol. The van der Waals surface area contributed by atoms with Gasteiger partial charge < -0.3 is 20.1 Å². The van der Waals surface area contributed by atoms with E-state index in [0.29, 0.717) is 5.75 Å². The van der Waals surface area contributed by atoms with Gasteiger partial charge in [0.1, 0.15) is 29.3 Å². The van der Waals surface area contributed by atoms with E-state index in [1.54, 1.807) is 6.08 Å². The Kier molecular flexibility index (Phi) is 9.18. The molecular weight excluding hydrogens is 400 g/mol. The normalized spacial score (nSPS) is 20.9. The molecule has 3 atom stereocenters. The molecule has 0 saturated carbocycles. The van der Waals surface area contributed by atoms with Crippen molar-refractivity contribution in [3.63, 3.8) is 0 Å². The highest BCUT2D eigenvalue weighted by Gasteiger charge is 2.32. The van der Waals surface area contributed by atoms with E-state index in [-0.39, 0.29) is 5.60 Å². The average molecular weight is 443 g/mol. The van der Waals surface area contributed by atoms with Gasteiger partial charge in [-0.25, -0.2) is 0 Å². The second-order valence-corrected chi connectivity index (χ2v) is 9.94. The van der Waals surface area contributed by atoms with Crippen LogP contribution in [0.4, 0.5) is 0 Å². The number of hydrogen-bond donors (Lipinski definition) is 3. The van der Waals surface area contributed by atoms with Crippen LogP contribution in [0.25, 0.3) is 0 Å². The number of aryl methyl sites for hydroxylation is 1. The maximum atomic E-state index is 10.2. The Morgan fingerprint density at radius 3 is 2.44 bits per heavy atom. The number of aliphatic hydroxyl groups is 2. The van der Waals surface area contributed by atoms with Crippen molar-refractivity contribution < 1.29 is 20.1 Å². The minimum atomic E-state index is -0.856. The highest BCUT2D eigenvalue weighted by molar-refractivity contribution is 5.53. The number of benzene rings is 1. The number of hydrogen-bond acceptors (Lipinski definition) is 4. The second kappa shape index (κ2) is 11.2. The van der Waals surface area contributed by atoms with Gasteiger partial charge in [0.15, 0.2) is 0 Å². The predicted octanol–water partition coefficient (Wildman–Crippen LogP) is 6.23. The minimum Gasteiger partial charge on any atom is -0.508 e. The van der Waals surface area contributed by atoms with E-state index in [9.17, 15) is 15.3 Å². The van der Waals surface area contributed by atoms with Gasteiger partial charge in [0.05, 0.1) is 0 Å². The molecule has 0 fully saturated rings. The van der Waals surface area contributed by atoms with Gasteiger partial charge in [-0.3, -0.25) is 0 Å². The monoisotopic (exact) mass is 442 g/mol. The summed E-state index contributed by atoms with van der Waals surface area (Å²) in [6.45, 7) is 14.0. The third-order valence-electron chi connectivity index (χ3n) is 6.63. The summed E-state index contributed by atoms with van der Waals surface area (Å²) in [5, 5.41) is 30.4. The van der Waals surface area contributed by atoms with Gasteiger partial charge in [-0.2, -0.15) is 0 Å². The van der Waals surface area contributed by atoms with E-state index in [2.05, 4.69) is 19.9 Å². The number of fused-ring (bicyclic) bond motifs is 1. The highest BCUT2D eigenvalue weighted by Crippen LogP contribution is 2.41. The molecule has 1 aromatic rings. The maximum Gasteiger partial charge on any atom is 0.126 e. The molecule has 32 heavy (non-hydrogen) atoms. The zero-order chi connectivity index (χ0) is 24.1. The zero-order valence-corrected chi connectivity index (χ0v) is 21.0. The fraction of sp³-hybridized carbons (Fsp3) is 0.571. The van der Waals surface area contributed by atoms with Crippen LogP contribution in [0.1, 0.15) is 83.4 Å². The number of rotatable bonds is 9. The van der Waals surface area contributed by atoms with Gasteiger partial charge in [-0.05, 0) is 115 Å². The maximum absolute atomic E-state index is 10.2. The molecule has 2 rings (SSSR count). The smallest absolute Gasteiger partial charge is 0.126 e. The van der Waals surface area contributed by atoms with Crippen molar-refractivity contribution in [1.82, 2.24) is 0 Å². The summed E-state index contributed by atoms with van der Waals surface area (Å²) in [7, 11) is 0. The lowest BCUT2D eigenvalue weighted by molar-refractivity contribution is 0.0560. The molecule has 0 unspecified atom stereocenters. The van der Waals surface area contributed by atoms with Crippen molar-refractivity contribution in [1.29, 1.82) is 0 Å². The number of aliphatic hydroxyl groups excluding tert-OH is 2. The van der Waals surface area contributed by atoms with Crippen molar-refractivity contribution in [2.75, 3.05) is 0 Å². The van der Waals surface area contributed by atoms with Crippen molar-refractivity contribution >= 4 is 0 Å². The van der Waals surface area contributed by atoms with Crippen molar-refractivity contribution in [3.8, 4) is 11.5 Å². The number of ether oxygens (including phenoxy) is 1. The lowest BCUT2D eigenvalue weighted by Gasteiger charge is -2.37. The molecule has 0 radical (unpaired) electrons. The summed E-state index contributed by atoms with van der Waals surface area (Å²) >= 11 is 0. The van der Waals surface area contributed by atoms with Crippen LogP contribution in [-0.4, -0.2) is 33.1 Å². The molecule has 1 aromatic carbocycles. The first kappa shape index (κ1) is 26.2. The number of phenols is 1. The molecule has 0 spiro atoms. The van der Waals surface area contributed by atoms with Gasteiger partial charge in [-0.15, -0.1) is 0 Å². The van der Waals surface area contributed by atoms with Crippen LogP contribution in [0.15, 0.2) is 41.0 Å². The fourth-order valence-corrected chi connectivity index (χ4v) is 4.22. The Hall–Kier alpha value is -2.04. The summed E-state index contributed by atoms with van der Waals surface area (Å²) < 4.78 is 6.45. The van der Waals surface area contributed by atoms with Crippen LogP contribution in [0, 0.1) is 13.8 Å². The van der Waals surface area contributed by atoms with Crippen LogP contribution in [0.2, 0.25) is 0 Å². The molecule has 3 N–H and O–H groups in total. The Labute approximate surface area is 194 Å². The Morgan fingerprint density at radius 2 is 1.78 bits per heavy atom. The third-order valence-corrected chi connectivity index (χ3v) is 6.63. The quantitative estimate of drug-likeness (QED) is 0.396. The molecule has 1 aliphatic heterocycles. The third kappa shape index (κ3) is 6.98. The molecule has 0 aliphatic carbocycles. The van der Waals surface area contributed by atoms with Crippen LogP contribution < -0.4 is 4.74 Å². The van der Waals surface area contributed by atoms with E-state index in [1.165, 1.54) is 5.57 Å². The molecule has 0 bridgehead atoms. The number of aromatic hydroxyl groups is 1. The molecular formula is C28H42O4. The van der Waals surface area contributed by atoms with Gasteiger partial charge in [0.2, 0.25) is 0 Å². The van der Waals surface area contributed by atoms with Crippen molar-refractivity contribution in [2.24, 2.45) is 0 Å². The van der Waals surface area contributed by atoms with Gasteiger partial charge in [-0.1, -0.05) is 29.4 Å².